The maximum atomic E-state index is 12.1. The molecule has 1 aromatic carbocycles. The number of fused-ring (bicyclic) bond motifs is 1. The van der Waals surface area contributed by atoms with E-state index in [2.05, 4.69) is 20.2 Å². The van der Waals surface area contributed by atoms with E-state index < -0.39 is 5.97 Å². The van der Waals surface area contributed by atoms with Crippen molar-refractivity contribution < 1.29 is 9.53 Å². The molecular weight excluding hydrogens is 244 g/mol. The highest BCUT2D eigenvalue weighted by molar-refractivity contribution is 6.03. The summed E-state index contributed by atoms with van der Waals surface area (Å²) in [6, 6.07) is 5.32. The Balaban J connectivity index is 1.92. The van der Waals surface area contributed by atoms with Crippen molar-refractivity contribution >= 4 is 16.9 Å². The van der Waals surface area contributed by atoms with Crippen LogP contribution in [0.25, 0.3) is 10.9 Å². The number of aromatic nitrogens is 4. The van der Waals surface area contributed by atoms with Gasteiger partial charge in [-0.15, -0.1) is 0 Å². The zero-order valence-corrected chi connectivity index (χ0v) is 10.1. The highest BCUT2D eigenvalue weighted by atomic mass is 16.5. The van der Waals surface area contributed by atoms with Crippen molar-refractivity contribution in [3.63, 3.8) is 0 Å². The molecule has 94 valence electrons. The standard InChI is InChI=1S/C13H10N4O2/c1-8-14-6-10(7-15-8)19-13(18)11-4-2-3-9-5-16-17-12(9)11/h2-7H,1H3,(H,16,17). The molecule has 2 heterocycles. The van der Waals surface area contributed by atoms with Crippen LogP contribution in [0.1, 0.15) is 16.2 Å². The Morgan fingerprint density at radius 1 is 1.21 bits per heavy atom. The van der Waals surface area contributed by atoms with Crippen molar-refractivity contribution in [3.8, 4) is 5.75 Å². The van der Waals surface area contributed by atoms with Crippen molar-refractivity contribution in [1.82, 2.24) is 20.2 Å². The van der Waals surface area contributed by atoms with Gasteiger partial charge in [-0.05, 0) is 13.0 Å². The van der Waals surface area contributed by atoms with Gasteiger partial charge in [-0.3, -0.25) is 5.10 Å². The lowest BCUT2D eigenvalue weighted by atomic mass is 10.1. The number of H-pyrrole nitrogens is 1. The summed E-state index contributed by atoms with van der Waals surface area (Å²) in [5.74, 6) is 0.463. The van der Waals surface area contributed by atoms with Crippen LogP contribution in [0, 0.1) is 6.92 Å². The smallest absolute Gasteiger partial charge is 0.345 e. The molecule has 0 amide bonds. The van der Waals surface area contributed by atoms with Crippen LogP contribution in [0.15, 0.2) is 36.8 Å². The average Bonchev–Trinajstić information content (AvgIpc) is 2.89. The summed E-state index contributed by atoms with van der Waals surface area (Å²) in [4.78, 5) is 20.0. The summed E-state index contributed by atoms with van der Waals surface area (Å²) in [6.45, 7) is 1.76. The van der Waals surface area contributed by atoms with Crippen LogP contribution in [0.2, 0.25) is 0 Å². The molecule has 0 aliphatic carbocycles. The molecule has 0 spiro atoms. The van der Waals surface area contributed by atoms with Crippen LogP contribution in [-0.2, 0) is 0 Å². The van der Waals surface area contributed by atoms with Gasteiger partial charge in [-0.1, -0.05) is 12.1 Å². The van der Waals surface area contributed by atoms with Crippen molar-refractivity contribution in [2.45, 2.75) is 6.92 Å². The minimum absolute atomic E-state index is 0.312. The van der Waals surface area contributed by atoms with E-state index in [0.717, 1.165) is 5.39 Å². The molecule has 2 aromatic heterocycles. The molecule has 0 saturated carbocycles. The maximum Gasteiger partial charge on any atom is 0.345 e. The van der Waals surface area contributed by atoms with E-state index in [1.54, 1.807) is 25.3 Å². The van der Waals surface area contributed by atoms with Crippen LogP contribution >= 0.6 is 0 Å². The van der Waals surface area contributed by atoms with Crippen molar-refractivity contribution in [2.24, 2.45) is 0 Å². The second kappa shape index (κ2) is 4.49. The van der Waals surface area contributed by atoms with E-state index in [-0.39, 0.29) is 0 Å². The van der Waals surface area contributed by atoms with Gasteiger partial charge in [0.25, 0.3) is 0 Å². The normalized spacial score (nSPS) is 10.6. The van der Waals surface area contributed by atoms with E-state index >= 15 is 0 Å². The molecule has 0 unspecified atom stereocenters. The van der Waals surface area contributed by atoms with Gasteiger partial charge < -0.3 is 4.74 Å². The van der Waals surface area contributed by atoms with Crippen molar-refractivity contribution in [2.75, 3.05) is 0 Å². The minimum atomic E-state index is -0.470. The minimum Gasteiger partial charge on any atom is -0.420 e. The van der Waals surface area contributed by atoms with Crippen molar-refractivity contribution in [3.05, 3.63) is 48.2 Å². The average molecular weight is 254 g/mol. The summed E-state index contributed by atoms with van der Waals surface area (Å²) in [5.41, 5.74) is 1.08. The lowest BCUT2D eigenvalue weighted by Gasteiger charge is -2.04. The molecule has 3 rings (SSSR count). The summed E-state index contributed by atoms with van der Waals surface area (Å²) >= 11 is 0. The van der Waals surface area contributed by atoms with Crippen LogP contribution < -0.4 is 4.74 Å². The quantitative estimate of drug-likeness (QED) is 0.706. The summed E-state index contributed by atoms with van der Waals surface area (Å²) in [7, 11) is 0. The molecule has 6 nitrogen and oxygen atoms in total. The lowest BCUT2D eigenvalue weighted by molar-refractivity contribution is 0.0735. The number of carbonyl (C=O) groups excluding carboxylic acids is 1. The topological polar surface area (TPSA) is 80.8 Å². The SMILES string of the molecule is Cc1ncc(OC(=O)c2cccc3cn[nH]c23)cn1. The second-order valence-corrected chi connectivity index (χ2v) is 4.00. The number of aryl methyl sites for hydroxylation is 1. The van der Waals surface area contributed by atoms with Gasteiger partial charge in [0.15, 0.2) is 5.75 Å². The molecule has 0 aliphatic heterocycles. The molecule has 19 heavy (non-hydrogen) atoms. The Morgan fingerprint density at radius 3 is 2.79 bits per heavy atom. The largest absolute Gasteiger partial charge is 0.420 e. The van der Waals surface area contributed by atoms with Gasteiger partial charge in [-0.2, -0.15) is 5.10 Å². The van der Waals surface area contributed by atoms with Gasteiger partial charge >= 0.3 is 5.97 Å². The van der Waals surface area contributed by atoms with Gasteiger partial charge in [0.1, 0.15) is 5.82 Å². The number of aromatic amines is 1. The monoisotopic (exact) mass is 254 g/mol. The van der Waals surface area contributed by atoms with E-state index in [0.29, 0.717) is 22.7 Å². The van der Waals surface area contributed by atoms with E-state index in [9.17, 15) is 4.79 Å². The molecule has 3 aromatic rings. The maximum absolute atomic E-state index is 12.1. The first-order valence-corrected chi connectivity index (χ1v) is 5.67. The predicted molar refractivity (Wildman–Crippen MR) is 67.8 cm³/mol. The summed E-state index contributed by atoms with van der Waals surface area (Å²) in [5, 5.41) is 7.54. The highest BCUT2D eigenvalue weighted by Crippen LogP contribution is 2.17. The Hall–Kier alpha value is -2.76. The summed E-state index contributed by atoms with van der Waals surface area (Å²) < 4.78 is 5.22. The Morgan fingerprint density at radius 2 is 2.00 bits per heavy atom. The van der Waals surface area contributed by atoms with Gasteiger partial charge in [0, 0.05) is 5.39 Å². The fraction of sp³-hybridized carbons (Fsp3) is 0.0769. The number of benzene rings is 1. The first kappa shape index (κ1) is 11.3. The number of ether oxygens (including phenoxy) is 1. The van der Waals surface area contributed by atoms with Crippen LogP contribution in [0.5, 0.6) is 5.75 Å². The Kier molecular flexibility index (Phi) is 2.68. The molecule has 0 saturated heterocycles. The first-order chi connectivity index (χ1) is 9.24. The Bertz CT molecular complexity index is 734. The number of hydrogen-bond donors (Lipinski definition) is 1. The third-order valence-electron chi connectivity index (χ3n) is 2.66. The molecule has 0 aliphatic rings. The molecule has 0 radical (unpaired) electrons. The molecule has 0 atom stereocenters. The number of nitrogens with zero attached hydrogens (tertiary/aromatic N) is 3. The molecule has 0 bridgehead atoms. The van der Waals surface area contributed by atoms with E-state index in [1.165, 1.54) is 12.4 Å². The first-order valence-electron chi connectivity index (χ1n) is 5.67. The third-order valence-corrected chi connectivity index (χ3v) is 2.66. The van der Waals surface area contributed by atoms with Gasteiger partial charge in [0.2, 0.25) is 0 Å². The zero-order chi connectivity index (χ0) is 13.2. The fourth-order valence-corrected chi connectivity index (χ4v) is 1.73. The second-order valence-electron chi connectivity index (χ2n) is 4.00. The number of rotatable bonds is 2. The molecule has 0 fully saturated rings. The van der Waals surface area contributed by atoms with E-state index in [4.69, 9.17) is 4.74 Å². The molecule has 6 heteroatoms. The third kappa shape index (κ3) is 2.15. The highest BCUT2D eigenvalue weighted by Gasteiger charge is 2.13. The van der Waals surface area contributed by atoms with Gasteiger partial charge in [0.05, 0.1) is 29.7 Å². The lowest BCUT2D eigenvalue weighted by Crippen LogP contribution is -2.09. The fourth-order valence-electron chi connectivity index (χ4n) is 1.73. The number of para-hydroxylation sites is 1. The Labute approximate surface area is 108 Å². The number of hydrogen-bond acceptors (Lipinski definition) is 5. The molecule has 1 N–H and O–H groups in total. The molecular formula is C13H10N4O2. The predicted octanol–water partition coefficient (Wildman–Crippen LogP) is 1.88. The van der Waals surface area contributed by atoms with Gasteiger partial charge in [-0.25, -0.2) is 14.8 Å². The zero-order valence-electron chi connectivity index (χ0n) is 10.1. The number of nitrogens with one attached hydrogen (secondary N) is 1. The van der Waals surface area contributed by atoms with Crippen LogP contribution in [0.4, 0.5) is 0 Å². The van der Waals surface area contributed by atoms with Crippen LogP contribution in [0.3, 0.4) is 0 Å². The number of esters is 1. The van der Waals surface area contributed by atoms with Crippen LogP contribution in [-0.4, -0.2) is 26.1 Å². The summed E-state index contributed by atoms with van der Waals surface area (Å²) in [6.07, 6.45) is 4.59. The number of carbonyl (C=O) groups is 1. The van der Waals surface area contributed by atoms with Crippen molar-refractivity contribution in [1.29, 1.82) is 0 Å². The van der Waals surface area contributed by atoms with E-state index in [1.807, 2.05) is 6.07 Å².